The van der Waals surface area contributed by atoms with Gasteiger partial charge in [-0.1, -0.05) is 0 Å². The molecule has 0 amide bonds. The smallest absolute Gasteiger partial charge is 0.122 e. The molecule has 0 heterocycles. The van der Waals surface area contributed by atoms with E-state index in [0.29, 0.717) is 6.42 Å². The van der Waals surface area contributed by atoms with Crippen LogP contribution in [0.2, 0.25) is 0 Å². The van der Waals surface area contributed by atoms with Crippen LogP contribution in [0.1, 0.15) is 12.8 Å². The van der Waals surface area contributed by atoms with Crippen molar-refractivity contribution in [2.24, 2.45) is 0 Å². The summed E-state index contributed by atoms with van der Waals surface area (Å²) < 4.78 is 0. The van der Waals surface area contributed by atoms with Crippen molar-refractivity contribution in [1.82, 2.24) is 0 Å². The van der Waals surface area contributed by atoms with Crippen LogP contribution in [0.3, 0.4) is 0 Å². The van der Waals surface area contributed by atoms with Crippen molar-refractivity contribution in [3.05, 3.63) is 6.10 Å². The fraction of sp³-hybridized carbons (Fsp3) is 0.750. The quantitative estimate of drug-likeness (QED) is 0.438. The van der Waals surface area contributed by atoms with Crippen LogP contribution >= 0.6 is 0 Å². The zero-order valence-electron chi connectivity index (χ0n) is 3.39. The van der Waals surface area contributed by atoms with E-state index in [9.17, 15) is 0 Å². The average molecular weight is 87.1 g/mol. The predicted molar refractivity (Wildman–Crippen MR) is 20.4 cm³/mol. The van der Waals surface area contributed by atoms with Crippen molar-refractivity contribution in [3.63, 3.8) is 0 Å². The predicted octanol–water partition coefficient (Wildman–Crippen LogP) is 0.0456. The van der Waals surface area contributed by atoms with Gasteiger partial charge in [0.1, 0.15) is 6.10 Å². The van der Waals surface area contributed by atoms with Crippen molar-refractivity contribution in [2.45, 2.75) is 18.9 Å². The molecule has 1 radical (unpaired) electrons. The first-order chi connectivity index (χ1) is 2.80. The first-order valence-corrected chi connectivity index (χ1v) is 2.03. The lowest BCUT2D eigenvalue weighted by Gasteiger charge is -2.25. The fourth-order valence-electron chi connectivity index (χ4n) is 0.403. The Morgan fingerprint density at radius 2 is 2.17 bits per heavy atom. The molecule has 1 aliphatic carbocycles. The molecule has 1 unspecified atom stereocenters. The van der Waals surface area contributed by atoms with Gasteiger partial charge in [0.15, 0.2) is 0 Å². The van der Waals surface area contributed by atoms with Crippen LogP contribution in [-0.4, -0.2) is 16.3 Å². The zero-order valence-corrected chi connectivity index (χ0v) is 3.39. The van der Waals surface area contributed by atoms with Crippen LogP contribution in [0.5, 0.6) is 0 Å². The largest absolute Gasteiger partial charge is 0.390 e. The maximum Gasteiger partial charge on any atom is 0.122 e. The summed E-state index contributed by atoms with van der Waals surface area (Å²) in [7, 11) is 0. The van der Waals surface area contributed by atoms with Crippen LogP contribution in [0, 0.1) is 6.10 Å². The molecule has 2 nitrogen and oxygen atoms in total. The Morgan fingerprint density at radius 1 is 1.67 bits per heavy atom. The van der Waals surface area contributed by atoms with E-state index in [2.05, 4.69) is 0 Å². The van der Waals surface area contributed by atoms with E-state index in [1.165, 1.54) is 0 Å². The van der Waals surface area contributed by atoms with Crippen molar-refractivity contribution < 1.29 is 10.2 Å². The van der Waals surface area contributed by atoms with Gasteiger partial charge in [-0.15, -0.1) is 0 Å². The van der Waals surface area contributed by atoms with Crippen LogP contribution in [0.25, 0.3) is 0 Å². The minimum atomic E-state index is -0.495. The zero-order chi connectivity index (χ0) is 4.57. The van der Waals surface area contributed by atoms with E-state index >= 15 is 0 Å². The summed E-state index contributed by atoms with van der Waals surface area (Å²) >= 11 is 0. The molecule has 0 spiro atoms. The molecule has 1 atom stereocenters. The molecular formula is C4H7O2. The van der Waals surface area contributed by atoms with E-state index in [1.807, 2.05) is 0 Å². The monoisotopic (exact) mass is 87.0 g/mol. The van der Waals surface area contributed by atoms with E-state index in [-0.39, 0.29) is 6.10 Å². The standard InChI is InChI=1S/C4H7O2/c5-3-1-2-4(3)6/h3,5-6H,1-2H2. The van der Waals surface area contributed by atoms with E-state index in [4.69, 9.17) is 10.2 Å². The lowest BCUT2D eigenvalue weighted by Crippen LogP contribution is -2.28. The molecule has 1 saturated carbocycles. The molecule has 1 aliphatic rings. The molecule has 0 aliphatic heterocycles. The molecule has 0 bridgehead atoms. The van der Waals surface area contributed by atoms with Gasteiger partial charge in [-0.3, -0.25) is 0 Å². The molecule has 6 heavy (non-hydrogen) atoms. The molecule has 2 N–H and O–H groups in total. The first-order valence-electron chi connectivity index (χ1n) is 2.03. The van der Waals surface area contributed by atoms with E-state index < -0.39 is 6.10 Å². The Balaban J connectivity index is 2.20. The Morgan fingerprint density at radius 3 is 2.17 bits per heavy atom. The van der Waals surface area contributed by atoms with Crippen LogP contribution < -0.4 is 0 Å². The van der Waals surface area contributed by atoms with Gasteiger partial charge in [0.25, 0.3) is 0 Å². The Kier molecular flexibility index (Phi) is 0.821. The molecule has 35 valence electrons. The molecule has 0 aromatic rings. The molecule has 0 aromatic heterocycles. The fourth-order valence-corrected chi connectivity index (χ4v) is 0.403. The number of hydrogen-bond donors (Lipinski definition) is 2. The summed E-state index contributed by atoms with van der Waals surface area (Å²) in [5, 5.41) is 16.8. The Bertz CT molecular complexity index is 45.5. The highest BCUT2D eigenvalue weighted by atomic mass is 16.3. The van der Waals surface area contributed by atoms with Crippen molar-refractivity contribution in [2.75, 3.05) is 0 Å². The van der Waals surface area contributed by atoms with Gasteiger partial charge in [0.05, 0.1) is 6.10 Å². The van der Waals surface area contributed by atoms with Gasteiger partial charge in [-0.2, -0.15) is 0 Å². The maximum absolute atomic E-state index is 8.43. The maximum atomic E-state index is 8.43. The highest BCUT2D eigenvalue weighted by Crippen LogP contribution is 2.25. The van der Waals surface area contributed by atoms with Gasteiger partial charge >= 0.3 is 0 Å². The highest BCUT2D eigenvalue weighted by molar-refractivity contribution is 4.95. The summed E-state index contributed by atoms with van der Waals surface area (Å²) in [6, 6.07) is 0. The van der Waals surface area contributed by atoms with Gasteiger partial charge in [-0.25, -0.2) is 0 Å². The third-order valence-electron chi connectivity index (χ3n) is 1.06. The minimum absolute atomic E-state index is 0.245. The lowest BCUT2D eigenvalue weighted by atomic mass is 9.93. The summed E-state index contributed by atoms with van der Waals surface area (Å²) in [6.45, 7) is 0. The molecule has 0 saturated heterocycles. The number of aliphatic hydroxyl groups is 2. The Hall–Kier alpha value is -0.0800. The number of hydrogen-bond acceptors (Lipinski definition) is 2. The SMILES string of the molecule is O[C]1CCC1O. The second-order valence-electron chi connectivity index (χ2n) is 1.55. The van der Waals surface area contributed by atoms with E-state index in [0.717, 1.165) is 6.42 Å². The van der Waals surface area contributed by atoms with Gasteiger partial charge in [0, 0.05) is 0 Å². The summed E-state index contributed by atoms with van der Waals surface area (Å²) in [6.07, 6.45) is 1.19. The van der Waals surface area contributed by atoms with Gasteiger partial charge in [-0.05, 0) is 12.8 Å². The highest BCUT2D eigenvalue weighted by Gasteiger charge is 2.26. The summed E-state index contributed by atoms with van der Waals surface area (Å²) in [5.74, 6) is 0. The van der Waals surface area contributed by atoms with Gasteiger partial charge < -0.3 is 10.2 Å². The van der Waals surface area contributed by atoms with Gasteiger partial charge in [0.2, 0.25) is 0 Å². The third kappa shape index (κ3) is 0.420. The minimum Gasteiger partial charge on any atom is -0.390 e. The molecule has 0 aromatic carbocycles. The van der Waals surface area contributed by atoms with Crippen LogP contribution in [0.4, 0.5) is 0 Å². The number of aliphatic hydroxyl groups excluding tert-OH is 2. The number of rotatable bonds is 0. The molecule has 1 fully saturated rings. The normalized spacial score (nSPS) is 36.0. The third-order valence-corrected chi connectivity index (χ3v) is 1.06. The topological polar surface area (TPSA) is 40.5 Å². The molecule has 1 rings (SSSR count). The van der Waals surface area contributed by atoms with Crippen molar-refractivity contribution >= 4 is 0 Å². The Labute approximate surface area is 36.4 Å². The van der Waals surface area contributed by atoms with E-state index in [1.54, 1.807) is 0 Å². The lowest BCUT2D eigenvalue weighted by molar-refractivity contribution is 0.0279. The van der Waals surface area contributed by atoms with Crippen LogP contribution in [-0.2, 0) is 0 Å². The van der Waals surface area contributed by atoms with Crippen molar-refractivity contribution in [3.8, 4) is 0 Å². The summed E-state index contributed by atoms with van der Waals surface area (Å²) in [5.41, 5.74) is 0. The second kappa shape index (κ2) is 1.21. The average Bonchev–Trinajstić information content (AvgIpc) is 1.61. The molecular weight excluding hydrogens is 80.0 g/mol. The summed E-state index contributed by atoms with van der Waals surface area (Å²) in [4.78, 5) is 0. The molecule has 2 heteroatoms. The first kappa shape index (κ1) is 4.09. The van der Waals surface area contributed by atoms with Crippen molar-refractivity contribution in [1.29, 1.82) is 0 Å². The second-order valence-corrected chi connectivity index (χ2v) is 1.55. The van der Waals surface area contributed by atoms with Crippen LogP contribution in [0.15, 0.2) is 0 Å².